The molecule has 0 aromatic heterocycles. The van der Waals surface area contributed by atoms with Crippen LogP contribution in [0.25, 0.3) is 0 Å². The number of primary amides is 1. The number of urea groups is 1. The molecule has 0 radical (unpaired) electrons. The zero-order valence-corrected chi connectivity index (χ0v) is 9.32. The predicted molar refractivity (Wildman–Crippen MR) is 57.2 cm³/mol. The van der Waals surface area contributed by atoms with E-state index >= 15 is 0 Å². The molecule has 1 aliphatic carbocycles. The van der Waals surface area contributed by atoms with E-state index in [1.54, 1.807) is 14.1 Å². The van der Waals surface area contributed by atoms with Crippen molar-refractivity contribution in [3.05, 3.63) is 0 Å². The molecule has 1 rings (SSSR count). The van der Waals surface area contributed by atoms with E-state index in [-0.39, 0.29) is 23.9 Å². The van der Waals surface area contributed by atoms with Crippen LogP contribution in [0.4, 0.5) is 4.79 Å². The molecule has 0 aromatic carbocycles. The molecule has 15 heavy (non-hydrogen) atoms. The molecular weight excluding hydrogens is 194 g/mol. The van der Waals surface area contributed by atoms with Crippen LogP contribution in [-0.2, 0) is 4.79 Å². The second kappa shape index (κ2) is 5.00. The maximum Gasteiger partial charge on any atom is 0.317 e. The van der Waals surface area contributed by atoms with Crippen molar-refractivity contribution in [2.75, 3.05) is 14.1 Å². The highest BCUT2D eigenvalue weighted by atomic mass is 16.2. The third-order valence-corrected chi connectivity index (χ3v) is 2.86. The molecule has 0 aromatic rings. The van der Waals surface area contributed by atoms with Gasteiger partial charge in [0.2, 0.25) is 5.91 Å². The van der Waals surface area contributed by atoms with Crippen molar-refractivity contribution in [3.63, 3.8) is 0 Å². The zero-order chi connectivity index (χ0) is 11.4. The Bertz CT molecular complexity index is 245. The summed E-state index contributed by atoms with van der Waals surface area (Å²) in [6.45, 7) is 0. The van der Waals surface area contributed by atoms with E-state index in [1.807, 2.05) is 0 Å². The highest BCUT2D eigenvalue weighted by Crippen LogP contribution is 2.23. The largest absolute Gasteiger partial charge is 0.369 e. The van der Waals surface area contributed by atoms with Crippen LogP contribution >= 0.6 is 0 Å². The van der Waals surface area contributed by atoms with Crippen LogP contribution in [0.1, 0.15) is 25.7 Å². The monoisotopic (exact) mass is 213 g/mol. The van der Waals surface area contributed by atoms with Gasteiger partial charge in [0.1, 0.15) is 0 Å². The van der Waals surface area contributed by atoms with E-state index in [4.69, 9.17) is 5.73 Å². The van der Waals surface area contributed by atoms with Crippen molar-refractivity contribution >= 4 is 11.9 Å². The second-order valence-electron chi connectivity index (χ2n) is 4.29. The van der Waals surface area contributed by atoms with Crippen molar-refractivity contribution in [2.45, 2.75) is 31.7 Å². The van der Waals surface area contributed by atoms with Crippen molar-refractivity contribution < 1.29 is 9.59 Å². The topological polar surface area (TPSA) is 75.4 Å². The molecule has 5 nitrogen and oxygen atoms in total. The minimum absolute atomic E-state index is 0.00231. The summed E-state index contributed by atoms with van der Waals surface area (Å²) in [5.41, 5.74) is 5.23. The van der Waals surface area contributed by atoms with E-state index in [1.165, 1.54) is 4.90 Å². The summed E-state index contributed by atoms with van der Waals surface area (Å²) in [6.07, 6.45) is 3.25. The van der Waals surface area contributed by atoms with E-state index in [0.717, 1.165) is 25.7 Å². The Morgan fingerprint density at radius 2 is 1.73 bits per heavy atom. The smallest absolute Gasteiger partial charge is 0.317 e. The van der Waals surface area contributed by atoms with E-state index in [0.29, 0.717) is 0 Å². The molecule has 86 valence electrons. The first kappa shape index (κ1) is 11.8. The summed E-state index contributed by atoms with van der Waals surface area (Å²) in [7, 11) is 3.43. The van der Waals surface area contributed by atoms with Gasteiger partial charge >= 0.3 is 6.03 Å². The highest BCUT2D eigenvalue weighted by Gasteiger charge is 2.25. The number of carbonyl (C=O) groups is 2. The number of hydrogen-bond donors (Lipinski definition) is 2. The maximum absolute atomic E-state index is 11.3. The maximum atomic E-state index is 11.3. The van der Waals surface area contributed by atoms with Gasteiger partial charge in [0, 0.05) is 26.1 Å². The first-order chi connectivity index (χ1) is 7.00. The number of nitrogens with two attached hydrogens (primary N) is 1. The minimum Gasteiger partial charge on any atom is -0.369 e. The van der Waals surface area contributed by atoms with Gasteiger partial charge in [0.15, 0.2) is 0 Å². The second-order valence-corrected chi connectivity index (χ2v) is 4.29. The Morgan fingerprint density at radius 3 is 2.13 bits per heavy atom. The lowest BCUT2D eigenvalue weighted by atomic mass is 9.86. The third-order valence-electron chi connectivity index (χ3n) is 2.86. The van der Waals surface area contributed by atoms with Gasteiger partial charge < -0.3 is 16.0 Å². The molecule has 0 saturated heterocycles. The minimum atomic E-state index is -0.215. The first-order valence-electron chi connectivity index (χ1n) is 5.28. The van der Waals surface area contributed by atoms with Crippen LogP contribution in [0.5, 0.6) is 0 Å². The summed E-state index contributed by atoms with van der Waals surface area (Å²) < 4.78 is 0. The molecule has 0 atom stereocenters. The summed E-state index contributed by atoms with van der Waals surface area (Å²) >= 11 is 0. The lowest BCUT2D eigenvalue weighted by Crippen LogP contribution is -2.44. The van der Waals surface area contributed by atoms with Gasteiger partial charge in [-0.05, 0) is 25.7 Å². The van der Waals surface area contributed by atoms with Crippen LogP contribution in [0.3, 0.4) is 0 Å². The Kier molecular flexibility index (Phi) is 3.94. The number of amides is 3. The molecule has 0 spiro atoms. The Morgan fingerprint density at radius 1 is 1.20 bits per heavy atom. The van der Waals surface area contributed by atoms with Gasteiger partial charge in [-0.15, -0.1) is 0 Å². The zero-order valence-electron chi connectivity index (χ0n) is 9.32. The molecule has 1 saturated carbocycles. The lowest BCUT2D eigenvalue weighted by molar-refractivity contribution is -0.122. The fourth-order valence-electron chi connectivity index (χ4n) is 1.83. The number of rotatable bonds is 2. The van der Waals surface area contributed by atoms with E-state index in [9.17, 15) is 9.59 Å². The number of hydrogen-bond acceptors (Lipinski definition) is 2. The van der Waals surface area contributed by atoms with E-state index in [2.05, 4.69) is 5.32 Å². The molecule has 0 heterocycles. The summed E-state index contributed by atoms with van der Waals surface area (Å²) in [6, 6.07) is 0.119. The Labute approximate surface area is 90.0 Å². The van der Waals surface area contributed by atoms with Crippen LogP contribution in [0.15, 0.2) is 0 Å². The van der Waals surface area contributed by atoms with Crippen molar-refractivity contribution in [3.8, 4) is 0 Å². The van der Waals surface area contributed by atoms with Crippen molar-refractivity contribution in [1.29, 1.82) is 0 Å². The standard InChI is InChI=1S/C10H19N3O2/c1-13(2)10(15)12-8-5-3-7(4-6-8)9(11)14/h7-8H,3-6H2,1-2H3,(H2,11,14)(H,12,15). The Hall–Kier alpha value is -1.26. The van der Waals surface area contributed by atoms with Crippen LogP contribution in [-0.4, -0.2) is 37.0 Å². The fourth-order valence-corrected chi connectivity index (χ4v) is 1.83. The van der Waals surface area contributed by atoms with Crippen molar-refractivity contribution in [2.24, 2.45) is 11.7 Å². The summed E-state index contributed by atoms with van der Waals surface area (Å²) in [5.74, 6) is -0.218. The Balaban J connectivity index is 2.32. The molecule has 1 fully saturated rings. The molecule has 3 amide bonds. The SMILES string of the molecule is CN(C)C(=O)NC1CCC(C(N)=O)CC1. The number of nitrogens with zero attached hydrogens (tertiary/aromatic N) is 1. The van der Waals surface area contributed by atoms with Gasteiger partial charge in [0.25, 0.3) is 0 Å². The van der Waals surface area contributed by atoms with Crippen LogP contribution in [0, 0.1) is 5.92 Å². The summed E-state index contributed by atoms with van der Waals surface area (Å²) in [4.78, 5) is 23.8. The van der Waals surface area contributed by atoms with Crippen LogP contribution in [0.2, 0.25) is 0 Å². The number of nitrogens with one attached hydrogen (secondary N) is 1. The molecule has 0 bridgehead atoms. The lowest BCUT2D eigenvalue weighted by Gasteiger charge is -2.28. The molecule has 3 N–H and O–H groups in total. The molecular formula is C10H19N3O2. The first-order valence-corrected chi connectivity index (χ1v) is 5.28. The highest BCUT2D eigenvalue weighted by molar-refractivity contribution is 5.77. The number of carbonyl (C=O) groups excluding carboxylic acids is 2. The quantitative estimate of drug-likeness (QED) is 0.692. The normalized spacial score (nSPS) is 25.7. The van der Waals surface area contributed by atoms with Gasteiger partial charge in [-0.2, -0.15) is 0 Å². The molecule has 0 unspecified atom stereocenters. The van der Waals surface area contributed by atoms with Gasteiger partial charge in [-0.3, -0.25) is 4.79 Å². The van der Waals surface area contributed by atoms with Crippen LogP contribution < -0.4 is 11.1 Å². The molecule has 0 aliphatic heterocycles. The van der Waals surface area contributed by atoms with E-state index < -0.39 is 0 Å². The average Bonchev–Trinajstić information content (AvgIpc) is 2.18. The van der Waals surface area contributed by atoms with Gasteiger partial charge in [-0.1, -0.05) is 0 Å². The van der Waals surface area contributed by atoms with Gasteiger partial charge in [0.05, 0.1) is 0 Å². The predicted octanol–water partition coefficient (Wildman–Crippen LogP) is 0.302. The summed E-state index contributed by atoms with van der Waals surface area (Å²) in [5, 5.41) is 2.91. The van der Waals surface area contributed by atoms with Crippen molar-refractivity contribution in [1.82, 2.24) is 10.2 Å². The third kappa shape index (κ3) is 3.42. The molecule has 1 aliphatic rings. The average molecular weight is 213 g/mol. The fraction of sp³-hybridized carbons (Fsp3) is 0.800. The van der Waals surface area contributed by atoms with Gasteiger partial charge in [-0.25, -0.2) is 4.79 Å². The molecule has 5 heteroatoms.